The third-order valence-electron chi connectivity index (χ3n) is 4.73. The highest BCUT2D eigenvalue weighted by Crippen LogP contribution is 2.31. The van der Waals surface area contributed by atoms with Gasteiger partial charge in [-0.15, -0.1) is 0 Å². The zero-order valence-electron chi connectivity index (χ0n) is 14.5. The Morgan fingerprint density at radius 2 is 1.88 bits per heavy atom. The van der Waals surface area contributed by atoms with Crippen molar-refractivity contribution >= 4 is 28.9 Å². The molecule has 0 aliphatic carbocycles. The molecule has 2 aliphatic heterocycles. The minimum Gasteiger partial charge on any atom is -0.482 e. The zero-order chi connectivity index (χ0) is 17.9. The first-order chi connectivity index (χ1) is 12.7. The number of hydrogen-bond donors (Lipinski definition) is 2. The maximum atomic E-state index is 12.7. The molecular formula is C20H21N3O3. The summed E-state index contributed by atoms with van der Waals surface area (Å²) in [7, 11) is 0. The van der Waals surface area contributed by atoms with E-state index in [9.17, 15) is 9.59 Å². The van der Waals surface area contributed by atoms with Crippen molar-refractivity contribution in [3.8, 4) is 5.75 Å². The molecule has 0 saturated carbocycles. The van der Waals surface area contributed by atoms with Crippen molar-refractivity contribution in [1.29, 1.82) is 0 Å². The van der Waals surface area contributed by atoms with Crippen molar-refractivity contribution < 1.29 is 14.3 Å². The molecule has 2 aromatic rings. The third-order valence-corrected chi connectivity index (χ3v) is 4.73. The van der Waals surface area contributed by atoms with Gasteiger partial charge in [0.15, 0.2) is 6.61 Å². The first-order valence-corrected chi connectivity index (χ1v) is 8.93. The molecule has 2 amide bonds. The molecule has 1 fully saturated rings. The molecule has 0 unspecified atom stereocenters. The van der Waals surface area contributed by atoms with E-state index in [0.717, 1.165) is 24.5 Å². The van der Waals surface area contributed by atoms with Gasteiger partial charge >= 0.3 is 0 Å². The number of anilines is 3. The van der Waals surface area contributed by atoms with Gasteiger partial charge in [0.05, 0.1) is 17.1 Å². The van der Waals surface area contributed by atoms with Crippen molar-refractivity contribution in [3.63, 3.8) is 0 Å². The van der Waals surface area contributed by atoms with Crippen molar-refractivity contribution in [1.82, 2.24) is 0 Å². The monoisotopic (exact) mass is 351 g/mol. The van der Waals surface area contributed by atoms with Crippen LogP contribution in [0.2, 0.25) is 0 Å². The highest BCUT2D eigenvalue weighted by Gasteiger charge is 2.19. The van der Waals surface area contributed by atoms with Gasteiger partial charge in [0.25, 0.3) is 11.8 Å². The van der Waals surface area contributed by atoms with E-state index >= 15 is 0 Å². The van der Waals surface area contributed by atoms with Gasteiger partial charge in [0.1, 0.15) is 5.75 Å². The lowest BCUT2D eigenvalue weighted by molar-refractivity contribution is -0.118. The second-order valence-electron chi connectivity index (χ2n) is 6.57. The fourth-order valence-electron chi connectivity index (χ4n) is 3.40. The van der Waals surface area contributed by atoms with E-state index in [0.29, 0.717) is 17.0 Å². The maximum absolute atomic E-state index is 12.7. The van der Waals surface area contributed by atoms with E-state index in [4.69, 9.17) is 4.74 Å². The number of benzene rings is 2. The van der Waals surface area contributed by atoms with Gasteiger partial charge in [0, 0.05) is 18.7 Å². The summed E-state index contributed by atoms with van der Waals surface area (Å²) in [5.74, 6) is 0.129. The number of carbonyl (C=O) groups is 2. The van der Waals surface area contributed by atoms with Crippen LogP contribution in [0.15, 0.2) is 42.5 Å². The Bertz CT molecular complexity index is 844. The Labute approximate surface area is 152 Å². The minimum atomic E-state index is -0.197. The largest absolute Gasteiger partial charge is 0.482 e. The number of nitrogens with zero attached hydrogens (tertiary/aromatic N) is 1. The number of hydrogen-bond acceptors (Lipinski definition) is 4. The number of carbonyl (C=O) groups excluding carboxylic acids is 2. The summed E-state index contributed by atoms with van der Waals surface area (Å²) in [6.45, 7) is 1.99. The molecule has 4 rings (SSSR count). The van der Waals surface area contributed by atoms with Crippen LogP contribution in [-0.2, 0) is 4.79 Å². The van der Waals surface area contributed by atoms with Gasteiger partial charge in [-0.1, -0.05) is 12.1 Å². The molecule has 0 bridgehead atoms. The van der Waals surface area contributed by atoms with Crippen molar-refractivity contribution in [2.24, 2.45) is 0 Å². The molecule has 2 heterocycles. The van der Waals surface area contributed by atoms with Crippen molar-refractivity contribution in [3.05, 3.63) is 48.0 Å². The number of fused-ring (bicyclic) bond motifs is 1. The Morgan fingerprint density at radius 3 is 2.73 bits per heavy atom. The molecule has 26 heavy (non-hydrogen) atoms. The van der Waals surface area contributed by atoms with E-state index in [1.165, 1.54) is 19.3 Å². The summed E-state index contributed by atoms with van der Waals surface area (Å²) in [5, 5.41) is 5.74. The molecule has 6 nitrogen and oxygen atoms in total. The smallest absolute Gasteiger partial charge is 0.262 e. The van der Waals surface area contributed by atoms with E-state index in [1.54, 1.807) is 18.2 Å². The SMILES string of the molecule is O=C1COc2cc(C(=O)Nc3ccccc3N3CCCCC3)ccc2N1. The van der Waals surface area contributed by atoms with E-state index in [-0.39, 0.29) is 18.4 Å². The molecule has 0 atom stereocenters. The zero-order valence-corrected chi connectivity index (χ0v) is 14.5. The molecule has 0 spiro atoms. The Hall–Kier alpha value is -3.02. The predicted molar refractivity (Wildman–Crippen MR) is 101 cm³/mol. The van der Waals surface area contributed by atoms with E-state index in [1.807, 2.05) is 24.3 Å². The minimum absolute atomic E-state index is 0.0319. The van der Waals surface area contributed by atoms with Crippen LogP contribution in [0.4, 0.5) is 17.1 Å². The topological polar surface area (TPSA) is 70.7 Å². The van der Waals surface area contributed by atoms with Crippen LogP contribution in [0.3, 0.4) is 0 Å². The lowest BCUT2D eigenvalue weighted by atomic mass is 10.1. The summed E-state index contributed by atoms with van der Waals surface area (Å²) in [5.41, 5.74) is 2.95. The average molecular weight is 351 g/mol. The van der Waals surface area contributed by atoms with Crippen LogP contribution in [-0.4, -0.2) is 31.5 Å². The normalized spacial score (nSPS) is 16.3. The first kappa shape index (κ1) is 16.4. The number of para-hydroxylation sites is 2. The molecule has 1 saturated heterocycles. The predicted octanol–water partition coefficient (Wildman–Crippen LogP) is 3.26. The summed E-state index contributed by atoms with van der Waals surface area (Å²) < 4.78 is 5.40. The fourth-order valence-corrected chi connectivity index (χ4v) is 3.40. The van der Waals surface area contributed by atoms with Crippen molar-refractivity contribution in [2.75, 3.05) is 35.2 Å². The average Bonchev–Trinajstić information content (AvgIpc) is 2.68. The standard InChI is InChI=1S/C20H21N3O3/c24-19-13-26-18-12-14(8-9-16(18)21-19)20(25)22-15-6-2-3-7-17(15)23-10-4-1-5-11-23/h2-3,6-9,12H,1,4-5,10-11,13H2,(H,21,24)(H,22,25). The molecule has 0 radical (unpaired) electrons. The van der Waals surface area contributed by atoms with Crippen LogP contribution in [0.1, 0.15) is 29.6 Å². The highest BCUT2D eigenvalue weighted by atomic mass is 16.5. The molecular weight excluding hydrogens is 330 g/mol. The highest BCUT2D eigenvalue weighted by molar-refractivity contribution is 6.07. The Kier molecular flexibility index (Phi) is 4.48. The maximum Gasteiger partial charge on any atom is 0.262 e. The van der Waals surface area contributed by atoms with E-state index < -0.39 is 0 Å². The molecule has 2 aliphatic rings. The number of rotatable bonds is 3. The summed E-state index contributed by atoms with van der Waals surface area (Å²) in [4.78, 5) is 26.4. The molecule has 0 aromatic heterocycles. The number of amides is 2. The van der Waals surface area contributed by atoms with Gasteiger partial charge in [-0.2, -0.15) is 0 Å². The number of ether oxygens (including phenoxy) is 1. The van der Waals surface area contributed by atoms with Crippen LogP contribution in [0.5, 0.6) is 5.75 Å². The van der Waals surface area contributed by atoms with Gasteiger partial charge < -0.3 is 20.3 Å². The number of nitrogens with one attached hydrogen (secondary N) is 2. The second-order valence-corrected chi connectivity index (χ2v) is 6.57. The molecule has 134 valence electrons. The summed E-state index contributed by atoms with van der Waals surface area (Å²) >= 11 is 0. The lowest BCUT2D eigenvalue weighted by Crippen LogP contribution is -2.30. The molecule has 6 heteroatoms. The summed E-state index contributed by atoms with van der Waals surface area (Å²) in [6.07, 6.45) is 3.61. The Balaban J connectivity index is 1.54. The van der Waals surface area contributed by atoms with Gasteiger partial charge in [-0.05, 0) is 49.6 Å². The van der Waals surface area contributed by atoms with Gasteiger partial charge in [0.2, 0.25) is 0 Å². The lowest BCUT2D eigenvalue weighted by Gasteiger charge is -2.30. The van der Waals surface area contributed by atoms with E-state index in [2.05, 4.69) is 15.5 Å². The molecule has 2 aromatic carbocycles. The van der Waals surface area contributed by atoms with Crippen LogP contribution >= 0.6 is 0 Å². The van der Waals surface area contributed by atoms with Crippen LogP contribution < -0.4 is 20.3 Å². The first-order valence-electron chi connectivity index (χ1n) is 8.93. The van der Waals surface area contributed by atoms with Gasteiger partial charge in [-0.25, -0.2) is 0 Å². The van der Waals surface area contributed by atoms with Gasteiger partial charge in [-0.3, -0.25) is 9.59 Å². The van der Waals surface area contributed by atoms with Crippen molar-refractivity contribution in [2.45, 2.75) is 19.3 Å². The van der Waals surface area contributed by atoms with Crippen LogP contribution in [0, 0.1) is 0 Å². The third kappa shape index (κ3) is 3.35. The number of piperidine rings is 1. The Morgan fingerprint density at radius 1 is 1.08 bits per heavy atom. The molecule has 2 N–H and O–H groups in total. The van der Waals surface area contributed by atoms with Crippen LogP contribution in [0.25, 0.3) is 0 Å². The fraction of sp³-hybridized carbons (Fsp3) is 0.300. The summed E-state index contributed by atoms with van der Waals surface area (Å²) in [6, 6.07) is 12.9. The second kappa shape index (κ2) is 7.07. The quantitative estimate of drug-likeness (QED) is 0.890.